The van der Waals surface area contributed by atoms with Crippen molar-refractivity contribution in [3.05, 3.63) is 0 Å². The molecule has 0 spiro atoms. The van der Waals surface area contributed by atoms with E-state index < -0.39 is 11.2 Å². The second-order valence-corrected chi connectivity index (χ2v) is 2.38. The van der Waals surface area contributed by atoms with Crippen LogP contribution in [0.1, 0.15) is 13.3 Å². The Kier molecular flexibility index (Phi) is 3.30. The first kappa shape index (κ1) is 8.49. The van der Waals surface area contributed by atoms with E-state index in [0.717, 1.165) is 0 Å². The van der Waals surface area contributed by atoms with Gasteiger partial charge in [0.15, 0.2) is 0 Å². The van der Waals surface area contributed by atoms with E-state index in [9.17, 15) is 9.59 Å². The van der Waals surface area contributed by atoms with Crippen molar-refractivity contribution in [2.45, 2.75) is 18.6 Å². The van der Waals surface area contributed by atoms with Crippen molar-refractivity contribution in [3.8, 4) is 0 Å². The molecule has 0 rings (SSSR count). The molecule has 0 heterocycles. The first-order valence-electron chi connectivity index (χ1n) is 2.44. The van der Waals surface area contributed by atoms with E-state index in [1.807, 2.05) is 0 Å². The molecule has 0 radical (unpaired) electrons. The summed E-state index contributed by atoms with van der Waals surface area (Å²) in [4.78, 5) is 20.3. The Bertz CT molecular complexity index is 132. The quantitative estimate of drug-likeness (QED) is 0.568. The monoisotopic (exact) mass is 148 g/mol. The third-order valence-corrected chi connectivity index (χ3v) is 1.17. The van der Waals surface area contributed by atoms with E-state index in [4.69, 9.17) is 5.11 Å². The fourth-order valence-corrected chi connectivity index (χ4v) is 0.617. The van der Waals surface area contributed by atoms with Gasteiger partial charge in [-0.05, 0) is 6.92 Å². The Morgan fingerprint density at radius 1 is 1.67 bits per heavy atom. The van der Waals surface area contributed by atoms with Crippen LogP contribution in [0.2, 0.25) is 0 Å². The molecular formula is C5H8O3S. The summed E-state index contributed by atoms with van der Waals surface area (Å²) in [6.45, 7) is 1.34. The molecular weight excluding hydrogens is 140 g/mol. The van der Waals surface area contributed by atoms with Crippen molar-refractivity contribution in [1.29, 1.82) is 0 Å². The van der Waals surface area contributed by atoms with Gasteiger partial charge in [0, 0.05) is 6.42 Å². The third kappa shape index (κ3) is 4.02. The van der Waals surface area contributed by atoms with Gasteiger partial charge in [-0.3, -0.25) is 9.59 Å². The van der Waals surface area contributed by atoms with Crippen LogP contribution in [0.15, 0.2) is 0 Å². The fourth-order valence-electron chi connectivity index (χ4n) is 0.360. The van der Waals surface area contributed by atoms with Crippen LogP contribution in [0, 0.1) is 0 Å². The number of carbonyl (C=O) groups is 2. The molecule has 1 atom stereocenters. The normalized spacial score (nSPS) is 12.7. The van der Waals surface area contributed by atoms with E-state index >= 15 is 0 Å². The van der Waals surface area contributed by atoms with Gasteiger partial charge in [-0.25, -0.2) is 0 Å². The highest BCUT2D eigenvalue weighted by atomic mass is 32.1. The van der Waals surface area contributed by atoms with Crippen molar-refractivity contribution < 1.29 is 14.7 Å². The number of ketones is 1. The van der Waals surface area contributed by atoms with Gasteiger partial charge < -0.3 is 5.11 Å². The average Bonchev–Trinajstić information content (AvgIpc) is 1.63. The lowest BCUT2D eigenvalue weighted by Gasteiger charge is -1.98. The minimum Gasteiger partial charge on any atom is -0.480 e. The summed E-state index contributed by atoms with van der Waals surface area (Å²) >= 11 is 3.64. The van der Waals surface area contributed by atoms with Crippen LogP contribution < -0.4 is 0 Å². The van der Waals surface area contributed by atoms with Crippen LogP contribution in [0.5, 0.6) is 0 Å². The molecule has 0 aliphatic carbocycles. The Hall–Kier alpha value is -0.510. The number of hydrogen-bond acceptors (Lipinski definition) is 3. The number of carboxylic acid groups (broad SMARTS) is 1. The van der Waals surface area contributed by atoms with Crippen LogP contribution in [-0.2, 0) is 9.59 Å². The fraction of sp³-hybridized carbons (Fsp3) is 0.600. The maximum absolute atomic E-state index is 10.2. The zero-order chi connectivity index (χ0) is 7.44. The van der Waals surface area contributed by atoms with Gasteiger partial charge in [-0.2, -0.15) is 12.6 Å². The van der Waals surface area contributed by atoms with Gasteiger partial charge in [-0.1, -0.05) is 0 Å². The molecule has 0 bridgehead atoms. The highest BCUT2D eigenvalue weighted by Crippen LogP contribution is 2.00. The topological polar surface area (TPSA) is 54.4 Å². The summed E-state index contributed by atoms with van der Waals surface area (Å²) in [6, 6.07) is 0. The molecule has 1 unspecified atom stereocenters. The molecule has 0 aliphatic heterocycles. The molecule has 52 valence electrons. The predicted molar refractivity (Wildman–Crippen MR) is 35.7 cm³/mol. The van der Waals surface area contributed by atoms with Gasteiger partial charge in [0.1, 0.15) is 11.0 Å². The van der Waals surface area contributed by atoms with Gasteiger partial charge >= 0.3 is 5.97 Å². The lowest BCUT2D eigenvalue weighted by atomic mass is 10.2. The Morgan fingerprint density at radius 2 is 2.11 bits per heavy atom. The van der Waals surface area contributed by atoms with Crippen molar-refractivity contribution in [3.63, 3.8) is 0 Å². The highest BCUT2D eigenvalue weighted by molar-refractivity contribution is 7.81. The molecule has 3 nitrogen and oxygen atoms in total. The Balaban J connectivity index is 3.63. The minimum atomic E-state index is -1.05. The summed E-state index contributed by atoms with van der Waals surface area (Å²) in [5.41, 5.74) is 0. The zero-order valence-electron chi connectivity index (χ0n) is 5.00. The number of hydrogen-bond donors (Lipinski definition) is 2. The van der Waals surface area contributed by atoms with E-state index in [-0.39, 0.29) is 12.2 Å². The molecule has 0 fully saturated rings. The second kappa shape index (κ2) is 3.50. The SMILES string of the molecule is CC(=O)CC(S)C(=O)O. The lowest BCUT2D eigenvalue weighted by molar-refractivity contribution is -0.137. The molecule has 9 heavy (non-hydrogen) atoms. The summed E-state index contributed by atoms with van der Waals surface area (Å²) in [5.74, 6) is -1.20. The minimum absolute atomic E-state index is 0.00154. The van der Waals surface area contributed by atoms with Crippen LogP contribution in [0.4, 0.5) is 0 Å². The molecule has 4 heteroatoms. The predicted octanol–water partition coefficient (Wildman–Crippen LogP) is 0.348. The molecule has 0 aromatic carbocycles. The molecule has 0 aliphatic rings. The van der Waals surface area contributed by atoms with Crippen molar-refractivity contribution in [1.82, 2.24) is 0 Å². The average molecular weight is 148 g/mol. The summed E-state index contributed by atoms with van der Waals surface area (Å²) in [5, 5.41) is 7.36. The van der Waals surface area contributed by atoms with E-state index in [1.165, 1.54) is 6.92 Å². The molecule has 0 aromatic heterocycles. The zero-order valence-corrected chi connectivity index (χ0v) is 5.89. The first-order chi connectivity index (χ1) is 4.04. The van der Waals surface area contributed by atoms with Gasteiger partial charge in [0.05, 0.1) is 0 Å². The van der Waals surface area contributed by atoms with Crippen LogP contribution >= 0.6 is 12.6 Å². The third-order valence-electron chi connectivity index (χ3n) is 0.766. The van der Waals surface area contributed by atoms with Crippen LogP contribution in [0.3, 0.4) is 0 Å². The van der Waals surface area contributed by atoms with Gasteiger partial charge in [0.25, 0.3) is 0 Å². The number of thiol groups is 1. The number of rotatable bonds is 3. The molecule has 1 N–H and O–H groups in total. The highest BCUT2D eigenvalue weighted by Gasteiger charge is 2.13. The lowest BCUT2D eigenvalue weighted by Crippen LogP contribution is -2.16. The Labute approximate surface area is 58.5 Å². The first-order valence-corrected chi connectivity index (χ1v) is 2.96. The summed E-state index contributed by atoms with van der Waals surface area (Å²) in [7, 11) is 0. The number of Topliss-reactive ketones (excluding diaryl/α,β-unsaturated/α-hetero) is 1. The smallest absolute Gasteiger partial charge is 0.316 e. The molecule has 0 amide bonds. The van der Waals surface area contributed by atoms with E-state index in [1.54, 1.807) is 0 Å². The van der Waals surface area contributed by atoms with Crippen LogP contribution in [0.25, 0.3) is 0 Å². The molecule has 0 aromatic rings. The van der Waals surface area contributed by atoms with Gasteiger partial charge in [0.2, 0.25) is 0 Å². The van der Waals surface area contributed by atoms with E-state index in [2.05, 4.69) is 12.6 Å². The van der Waals surface area contributed by atoms with Crippen molar-refractivity contribution >= 4 is 24.4 Å². The number of carboxylic acids is 1. The van der Waals surface area contributed by atoms with Crippen molar-refractivity contribution in [2.24, 2.45) is 0 Å². The summed E-state index contributed by atoms with van der Waals surface area (Å²) < 4.78 is 0. The maximum atomic E-state index is 10.2. The number of carbonyl (C=O) groups excluding carboxylic acids is 1. The maximum Gasteiger partial charge on any atom is 0.316 e. The summed E-state index contributed by atoms with van der Waals surface area (Å²) in [6.07, 6.45) is -0.00154. The standard InChI is InChI=1S/C5H8O3S/c1-3(6)2-4(9)5(7)8/h4,9H,2H2,1H3,(H,7,8). The second-order valence-electron chi connectivity index (χ2n) is 1.76. The van der Waals surface area contributed by atoms with Gasteiger partial charge in [-0.15, -0.1) is 0 Å². The molecule has 0 saturated heterocycles. The largest absolute Gasteiger partial charge is 0.480 e. The number of aliphatic carboxylic acids is 1. The van der Waals surface area contributed by atoms with Crippen molar-refractivity contribution in [2.75, 3.05) is 0 Å². The molecule has 0 saturated carbocycles. The van der Waals surface area contributed by atoms with E-state index in [0.29, 0.717) is 0 Å². The van der Waals surface area contributed by atoms with Crippen LogP contribution in [-0.4, -0.2) is 22.1 Å². The Morgan fingerprint density at radius 3 is 2.22 bits per heavy atom.